The number of aryl methyl sites for hydroxylation is 1. The number of aliphatic hydroxyl groups excluding tert-OH is 1. The number of amides is 7. The second-order valence-corrected chi connectivity index (χ2v) is 14.6. The van der Waals surface area contributed by atoms with Crippen LogP contribution in [0.25, 0.3) is 11.1 Å². The number of primary amides is 1. The topological polar surface area (TPSA) is 293 Å². The number of unbranched alkanes of at least 4 members (excludes halogenated alkanes) is 2. The molecular weight excluding hydrogens is 763 g/mol. The first kappa shape index (κ1) is 48.0. The van der Waals surface area contributed by atoms with E-state index in [0.717, 1.165) is 30.4 Å². The van der Waals surface area contributed by atoms with Gasteiger partial charge in [-0.05, 0) is 87.7 Å². The van der Waals surface area contributed by atoms with Crippen molar-refractivity contribution in [2.75, 3.05) is 19.7 Å². The van der Waals surface area contributed by atoms with Gasteiger partial charge in [0, 0.05) is 25.1 Å². The maximum Gasteiger partial charge on any atom is 0.478 e. The maximum absolute atomic E-state index is 13.4. The molecule has 0 spiro atoms. The van der Waals surface area contributed by atoms with Gasteiger partial charge in [-0.1, -0.05) is 49.7 Å². The molecule has 1 aliphatic heterocycles. The molecule has 322 valence electrons. The van der Waals surface area contributed by atoms with E-state index in [-0.39, 0.29) is 31.9 Å². The Morgan fingerprint density at radius 2 is 1.49 bits per heavy atom. The second kappa shape index (κ2) is 24.5. The van der Waals surface area contributed by atoms with Gasteiger partial charge in [0.2, 0.25) is 35.4 Å². The quantitative estimate of drug-likeness (QED) is 0.0457. The Balaban J connectivity index is 1.54. The average Bonchev–Trinajstić information content (AvgIpc) is 3.61. The molecule has 18 nitrogen and oxygen atoms in total. The summed E-state index contributed by atoms with van der Waals surface area (Å²) in [4.78, 5) is 90.0. The predicted molar refractivity (Wildman–Crippen MR) is 220 cm³/mol. The minimum atomic E-state index is -1.57. The number of nitrogens with one attached hydrogen (secondary N) is 6. The van der Waals surface area contributed by atoms with E-state index in [1.54, 1.807) is 12.1 Å². The molecule has 0 saturated carbocycles. The highest BCUT2D eigenvalue weighted by Crippen LogP contribution is 2.21. The van der Waals surface area contributed by atoms with Crippen molar-refractivity contribution in [1.29, 1.82) is 0 Å². The Kier molecular flexibility index (Phi) is 20.0. The van der Waals surface area contributed by atoms with Gasteiger partial charge in [0.05, 0.1) is 18.5 Å². The fourth-order valence-corrected chi connectivity index (χ4v) is 6.21. The first-order chi connectivity index (χ1) is 28.1. The normalized spacial score (nSPS) is 16.1. The second-order valence-electron chi connectivity index (χ2n) is 14.6. The molecule has 3 rings (SSSR count). The minimum absolute atomic E-state index is 0.0274. The summed E-state index contributed by atoms with van der Waals surface area (Å²) in [5.74, 6) is -6.05. The summed E-state index contributed by atoms with van der Waals surface area (Å²) in [5, 5.41) is 35.3. The van der Waals surface area contributed by atoms with Crippen LogP contribution in [-0.4, -0.2) is 115 Å². The molecule has 19 heteroatoms. The molecular formula is C40H59BN8O10. The SMILES string of the molecule is CCCCc1ccc(-c2ccc(C(=O)NCCC(=O)N[C@@H](CCCCN)C(=O)N[C@H](C(=O)N[C@@H](C)C(=O)N[C@@H](CC(N)=O)C(=O)N[C@H]3CCOB3O)C(C)O)cc2)cc1. The van der Waals surface area contributed by atoms with Gasteiger partial charge in [0.1, 0.15) is 24.2 Å². The number of hydrogen-bond donors (Lipinski definition) is 10. The highest BCUT2D eigenvalue weighted by molar-refractivity contribution is 6.46. The molecule has 1 aliphatic rings. The van der Waals surface area contributed by atoms with E-state index < -0.39 is 85.2 Å². The summed E-state index contributed by atoms with van der Waals surface area (Å²) < 4.78 is 5.00. The van der Waals surface area contributed by atoms with E-state index in [2.05, 4.69) is 63.1 Å². The van der Waals surface area contributed by atoms with Crippen molar-refractivity contribution < 1.29 is 48.3 Å². The first-order valence-corrected chi connectivity index (χ1v) is 20.1. The average molecular weight is 823 g/mol. The monoisotopic (exact) mass is 822 g/mol. The molecule has 6 atom stereocenters. The molecule has 12 N–H and O–H groups in total. The molecule has 1 saturated heterocycles. The summed E-state index contributed by atoms with van der Waals surface area (Å²) >= 11 is 0. The van der Waals surface area contributed by atoms with Crippen molar-refractivity contribution in [2.24, 2.45) is 11.5 Å². The molecule has 2 aromatic carbocycles. The van der Waals surface area contributed by atoms with Crippen molar-refractivity contribution in [3.8, 4) is 11.1 Å². The lowest BCUT2D eigenvalue weighted by molar-refractivity contribution is -0.136. The summed E-state index contributed by atoms with van der Waals surface area (Å²) in [6.45, 7) is 5.17. The van der Waals surface area contributed by atoms with Crippen molar-refractivity contribution in [3.63, 3.8) is 0 Å². The van der Waals surface area contributed by atoms with Gasteiger partial charge < -0.3 is 58.2 Å². The molecule has 1 fully saturated rings. The number of hydrogen-bond acceptors (Lipinski definition) is 11. The fourth-order valence-electron chi connectivity index (χ4n) is 6.21. The van der Waals surface area contributed by atoms with Crippen LogP contribution in [0.15, 0.2) is 48.5 Å². The van der Waals surface area contributed by atoms with Gasteiger partial charge in [-0.25, -0.2) is 0 Å². The summed E-state index contributed by atoms with van der Waals surface area (Å²) in [6, 6.07) is 9.97. The van der Waals surface area contributed by atoms with E-state index in [1.165, 1.54) is 19.4 Å². The van der Waals surface area contributed by atoms with Gasteiger partial charge in [0.15, 0.2) is 0 Å². The summed E-state index contributed by atoms with van der Waals surface area (Å²) in [6.07, 6.45) is 2.52. The van der Waals surface area contributed by atoms with Crippen LogP contribution in [0.5, 0.6) is 0 Å². The van der Waals surface area contributed by atoms with E-state index in [0.29, 0.717) is 31.4 Å². The predicted octanol–water partition coefficient (Wildman–Crippen LogP) is -0.915. The van der Waals surface area contributed by atoms with Crippen LogP contribution >= 0.6 is 0 Å². The van der Waals surface area contributed by atoms with Gasteiger partial charge in [-0.3, -0.25) is 33.6 Å². The zero-order valence-corrected chi connectivity index (χ0v) is 34.0. The molecule has 0 aromatic heterocycles. The molecule has 59 heavy (non-hydrogen) atoms. The number of carbonyl (C=O) groups excluding carboxylic acids is 7. The smallest absolute Gasteiger partial charge is 0.426 e. The Morgan fingerprint density at radius 3 is 2.07 bits per heavy atom. The highest BCUT2D eigenvalue weighted by Gasteiger charge is 2.37. The van der Waals surface area contributed by atoms with E-state index in [1.807, 2.05) is 12.1 Å². The zero-order chi connectivity index (χ0) is 43.5. The Morgan fingerprint density at radius 1 is 0.831 bits per heavy atom. The molecule has 0 aliphatic carbocycles. The number of carbonyl (C=O) groups is 7. The Bertz CT molecular complexity index is 1730. The molecule has 1 unspecified atom stereocenters. The van der Waals surface area contributed by atoms with Crippen molar-refractivity contribution in [2.45, 2.75) is 115 Å². The van der Waals surface area contributed by atoms with E-state index >= 15 is 0 Å². The van der Waals surface area contributed by atoms with E-state index in [9.17, 15) is 43.7 Å². The largest absolute Gasteiger partial charge is 0.478 e. The van der Waals surface area contributed by atoms with Gasteiger partial charge in [-0.15, -0.1) is 0 Å². The Hall–Kier alpha value is -5.37. The molecule has 1 heterocycles. The number of nitrogens with two attached hydrogens (primary N) is 2. The minimum Gasteiger partial charge on any atom is -0.426 e. The van der Waals surface area contributed by atoms with Crippen molar-refractivity contribution in [1.82, 2.24) is 31.9 Å². The third-order valence-corrected chi connectivity index (χ3v) is 9.73. The number of rotatable bonds is 24. The first-order valence-electron chi connectivity index (χ1n) is 20.1. The number of benzene rings is 2. The van der Waals surface area contributed by atoms with Crippen LogP contribution in [0, 0.1) is 0 Å². The standard InChI is InChI=1S/C40H59BN8O10/c1-4-5-8-26-10-12-27(13-11-26)28-14-16-29(17-15-28)37(54)44-21-18-34(52)46-30(9-6-7-20-42)38(55)49-35(25(3)50)40(57)45-24(2)36(53)47-31(23-33(43)51)39(56)48-32-19-22-59-41(32)58/h10-17,24-25,30-32,35,50,58H,4-9,18-23,42H2,1-3H3,(H2,43,51)(H,44,54)(H,45,57)(H,46,52)(H,47,53)(H,48,56)(H,49,55)/t24-,25?,30-,31-,32-,35-/m0/s1. The third kappa shape index (κ3) is 16.1. The summed E-state index contributed by atoms with van der Waals surface area (Å²) in [7, 11) is -1.27. The maximum atomic E-state index is 13.4. The van der Waals surface area contributed by atoms with Crippen molar-refractivity contribution in [3.05, 3.63) is 59.7 Å². The van der Waals surface area contributed by atoms with Crippen LogP contribution in [-0.2, 0) is 39.8 Å². The van der Waals surface area contributed by atoms with Gasteiger partial charge in [0.25, 0.3) is 5.91 Å². The van der Waals surface area contributed by atoms with Crippen LogP contribution < -0.4 is 43.4 Å². The highest BCUT2D eigenvalue weighted by atomic mass is 16.5. The molecule has 7 amide bonds. The van der Waals surface area contributed by atoms with Crippen LogP contribution in [0.2, 0.25) is 0 Å². The lowest BCUT2D eigenvalue weighted by Gasteiger charge is -2.26. The fraction of sp³-hybridized carbons (Fsp3) is 0.525. The lowest BCUT2D eigenvalue weighted by atomic mass is 9.80. The zero-order valence-electron chi connectivity index (χ0n) is 34.0. The lowest BCUT2D eigenvalue weighted by Crippen LogP contribution is -2.60. The molecule has 0 radical (unpaired) electrons. The molecule has 2 aromatic rings. The molecule has 0 bridgehead atoms. The third-order valence-electron chi connectivity index (χ3n) is 9.73. The number of aliphatic hydroxyl groups is 1. The van der Waals surface area contributed by atoms with Crippen molar-refractivity contribution >= 4 is 48.5 Å². The van der Waals surface area contributed by atoms with Crippen LogP contribution in [0.3, 0.4) is 0 Å². The van der Waals surface area contributed by atoms with Crippen LogP contribution in [0.1, 0.15) is 88.1 Å². The van der Waals surface area contributed by atoms with Gasteiger partial charge in [-0.2, -0.15) is 0 Å². The van der Waals surface area contributed by atoms with E-state index in [4.69, 9.17) is 16.1 Å². The van der Waals surface area contributed by atoms with Crippen LogP contribution in [0.4, 0.5) is 0 Å². The van der Waals surface area contributed by atoms with Gasteiger partial charge >= 0.3 is 7.12 Å². The Labute approximate surface area is 344 Å². The summed E-state index contributed by atoms with van der Waals surface area (Å²) in [5.41, 5.74) is 14.6.